The van der Waals surface area contributed by atoms with Crippen LogP contribution in [0.15, 0.2) is 97.1 Å². The van der Waals surface area contributed by atoms with Crippen LogP contribution in [0.3, 0.4) is 0 Å². The molecular formula is C28H26OS. The molecular weight excluding hydrogens is 384 g/mol. The summed E-state index contributed by atoms with van der Waals surface area (Å²) in [5.74, 6) is 1.15. The molecule has 0 aliphatic rings. The lowest BCUT2D eigenvalue weighted by Gasteiger charge is -2.09. The number of hydrogen-bond acceptors (Lipinski definition) is 1. The van der Waals surface area contributed by atoms with Crippen molar-refractivity contribution < 1.29 is 4.21 Å². The molecule has 4 aromatic rings. The van der Waals surface area contributed by atoms with Crippen LogP contribution in [0.2, 0.25) is 0 Å². The minimum absolute atomic E-state index is 0.577. The van der Waals surface area contributed by atoms with Crippen LogP contribution in [0.4, 0.5) is 0 Å². The van der Waals surface area contributed by atoms with Gasteiger partial charge in [0.2, 0.25) is 0 Å². The van der Waals surface area contributed by atoms with Crippen LogP contribution >= 0.6 is 0 Å². The zero-order valence-electron chi connectivity index (χ0n) is 17.5. The van der Waals surface area contributed by atoms with Crippen LogP contribution < -0.4 is 0 Å². The monoisotopic (exact) mass is 410 g/mol. The zero-order chi connectivity index (χ0) is 20.9. The van der Waals surface area contributed by atoms with E-state index in [2.05, 4.69) is 111 Å². The molecule has 4 rings (SSSR count). The maximum atomic E-state index is 12.7. The molecule has 150 valence electrons. The van der Waals surface area contributed by atoms with Crippen LogP contribution in [0, 0.1) is 13.8 Å². The summed E-state index contributed by atoms with van der Waals surface area (Å²) in [7, 11) is -0.933. The topological polar surface area (TPSA) is 17.1 Å². The van der Waals surface area contributed by atoms with E-state index < -0.39 is 10.8 Å². The van der Waals surface area contributed by atoms with Gasteiger partial charge in [-0.25, -0.2) is 0 Å². The summed E-state index contributed by atoms with van der Waals surface area (Å²) in [6.45, 7) is 4.26. The quantitative estimate of drug-likeness (QED) is 0.332. The summed E-state index contributed by atoms with van der Waals surface area (Å²) < 4.78 is 12.7. The maximum absolute atomic E-state index is 12.7. The second kappa shape index (κ2) is 9.23. The summed E-state index contributed by atoms with van der Waals surface area (Å²) in [4.78, 5) is 0. The lowest BCUT2D eigenvalue weighted by molar-refractivity contribution is 0.682. The van der Waals surface area contributed by atoms with Crippen LogP contribution in [-0.4, -0.2) is 4.21 Å². The molecule has 0 saturated heterocycles. The Morgan fingerprint density at radius 2 is 0.900 bits per heavy atom. The summed E-state index contributed by atoms with van der Waals surface area (Å²) in [6.07, 6.45) is 0. The Bertz CT molecular complexity index is 1060. The molecule has 0 unspecified atom stereocenters. The third kappa shape index (κ3) is 4.77. The van der Waals surface area contributed by atoms with E-state index in [-0.39, 0.29) is 0 Å². The largest absolute Gasteiger partial charge is 0.259 e. The summed E-state index contributed by atoms with van der Waals surface area (Å²) in [5.41, 5.74) is 9.66. The Morgan fingerprint density at radius 1 is 0.533 bits per heavy atom. The smallest absolute Gasteiger partial charge is 0.0489 e. The third-order valence-electron chi connectivity index (χ3n) is 5.48. The Kier molecular flexibility index (Phi) is 6.25. The average Bonchev–Trinajstić information content (AvgIpc) is 2.76. The SMILES string of the molecule is Cc1ccccc1-c1ccc(CS(=O)Cc2ccc(-c3ccccc3C)cc2)cc1. The van der Waals surface area contributed by atoms with Gasteiger partial charge in [-0.1, -0.05) is 97.1 Å². The molecule has 0 N–H and O–H groups in total. The molecule has 0 aliphatic heterocycles. The van der Waals surface area contributed by atoms with Crippen LogP contribution in [0.25, 0.3) is 22.3 Å². The van der Waals surface area contributed by atoms with Crippen molar-refractivity contribution in [1.82, 2.24) is 0 Å². The molecule has 0 heterocycles. The van der Waals surface area contributed by atoms with E-state index in [0.29, 0.717) is 11.5 Å². The molecule has 0 saturated carbocycles. The lowest BCUT2D eigenvalue weighted by Crippen LogP contribution is -1.99. The van der Waals surface area contributed by atoms with Gasteiger partial charge in [-0.3, -0.25) is 4.21 Å². The van der Waals surface area contributed by atoms with Crippen molar-refractivity contribution in [1.29, 1.82) is 0 Å². The normalized spacial score (nSPS) is 11.0. The van der Waals surface area contributed by atoms with Crippen molar-refractivity contribution in [2.45, 2.75) is 25.4 Å². The van der Waals surface area contributed by atoms with E-state index in [1.165, 1.54) is 33.4 Å². The van der Waals surface area contributed by atoms with E-state index in [9.17, 15) is 4.21 Å². The highest BCUT2D eigenvalue weighted by Gasteiger charge is 2.07. The predicted octanol–water partition coefficient (Wildman–Crippen LogP) is 7.09. The first-order valence-electron chi connectivity index (χ1n) is 10.2. The van der Waals surface area contributed by atoms with Crippen molar-refractivity contribution in [2.24, 2.45) is 0 Å². The van der Waals surface area contributed by atoms with E-state index in [0.717, 1.165) is 11.1 Å². The third-order valence-corrected chi connectivity index (χ3v) is 6.79. The van der Waals surface area contributed by atoms with Crippen molar-refractivity contribution in [3.63, 3.8) is 0 Å². The molecule has 2 heteroatoms. The first-order valence-corrected chi connectivity index (χ1v) is 11.7. The highest BCUT2D eigenvalue weighted by atomic mass is 32.2. The summed E-state index contributed by atoms with van der Waals surface area (Å²) in [6, 6.07) is 33.7. The van der Waals surface area contributed by atoms with Crippen molar-refractivity contribution in [3.05, 3.63) is 119 Å². The number of hydrogen-bond donors (Lipinski definition) is 0. The fourth-order valence-corrected chi connectivity index (χ4v) is 5.01. The molecule has 0 amide bonds. The van der Waals surface area contributed by atoms with Gasteiger partial charge < -0.3 is 0 Å². The standard InChI is InChI=1S/C28H26OS/c1-21-7-3-5-9-27(21)25-15-11-23(12-16-25)19-30(29)20-24-13-17-26(18-14-24)28-10-6-4-8-22(28)2/h3-18H,19-20H2,1-2H3. The van der Waals surface area contributed by atoms with Gasteiger partial charge in [0.25, 0.3) is 0 Å². The molecule has 0 aromatic heterocycles. The van der Waals surface area contributed by atoms with Gasteiger partial charge in [0.05, 0.1) is 0 Å². The first-order chi connectivity index (χ1) is 14.6. The summed E-state index contributed by atoms with van der Waals surface area (Å²) in [5, 5.41) is 0. The van der Waals surface area contributed by atoms with Crippen LogP contribution in [-0.2, 0) is 22.3 Å². The zero-order valence-corrected chi connectivity index (χ0v) is 18.3. The molecule has 0 aliphatic carbocycles. The molecule has 0 bridgehead atoms. The number of rotatable bonds is 6. The second-order valence-electron chi connectivity index (χ2n) is 7.75. The Hall–Kier alpha value is -2.97. The Balaban J connectivity index is 1.40. The van der Waals surface area contributed by atoms with Gasteiger partial charge in [0.15, 0.2) is 0 Å². The van der Waals surface area contributed by atoms with Crippen molar-refractivity contribution in [2.75, 3.05) is 0 Å². The van der Waals surface area contributed by atoms with Gasteiger partial charge in [-0.2, -0.15) is 0 Å². The highest BCUT2D eigenvalue weighted by molar-refractivity contribution is 7.83. The Morgan fingerprint density at radius 3 is 1.27 bits per heavy atom. The van der Waals surface area contributed by atoms with Gasteiger partial charge in [-0.15, -0.1) is 0 Å². The Labute approximate surface area is 181 Å². The number of aryl methyl sites for hydroxylation is 2. The number of benzene rings is 4. The molecule has 1 nitrogen and oxygen atoms in total. The van der Waals surface area contributed by atoms with E-state index >= 15 is 0 Å². The fraction of sp³-hybridized carbons (Fsp3) is 0.143. The van der Waals surface area contributed by atoms with Gasteiger partial charge in [0, 0.05) is 22.3 Å². The molecule has 0 atom stereocenters. The molecule has 30 heavy (non-hydrogen) atoms. The van der Waals surface area contributed by atoms with E-state index in [1.54, 1.807) is 0 Å². The van der Waals surface area contributed by atoms with Crippen molar-refractivity contribution in [3.8, 4) is 22.3 Å². The summed E-state index contributed by atoms with van der Waals surface area (Å²) >= 11 is 0. The van der Waals surface area contributed by atoms with Crippen LogP contribution in [0.1, 0.15) is 22.3 Å². The molecule has 4 aromatic carbocycles. The predicted molar refractivity (Wildman–Crippen MR) is 129 cm³/mol. The van der Waals surface area contributed by atoms with E-state index in [1.807, 2.05) is 0 Å². The van der Waals surface area contributed by atoms with E-state index in [4.69, 9.17) is 0 Å². The molecule has 0 spiro atoms. The van der Waals surface area contributed by atoms with Gasteiger partial charge >= 0.3 is 0 Å². The average molecular weight is 411 g/mol. The molecule has 0 radical (unpaired) electrons. The van der Waals surface area contributed by atoms with Crippen molar-refractivity contribution >= 4 is 10.8 Å². The van der Waals surface area contributed by atoms with Gasteiger partial charge in [-0.05, 0) is 58.4 Å². The van der Waals surface area contributed by atoms with Gasteiger partial charge in [0.1, 0.15) is 0 Å². The minimum atomic E-state index is -0.933. The lowest BCUT2D eigenvalue weighted by atomic mass is 10.00. The molecule has 0 fully saturated rings. The van der Waals surface area contributed by atoms with Crippen LogP contribution in [0.5, 0.6) is 0 Å². The minimum Gasteiger partial charge on any atom is -0.259 e. The first kappa shape index (κ1) is 20.3. The maximum Gasteiger partial charge on any atom is 0.0489 e. The fourth-order valence-electron chi connectivity index (χ4n) is 3.78. The second-order valence-corrected chi connectivity index (χ2v) is 9.21. The highest BCUT2D eigenvalue weighted by Crippen LogP contribution is 2.25.